The average molecular weight is 190 g/mol. The third-order valence-corrected chi connectivity index (χ3v) is 3.50. The molecule has 0 spiro atoms. The second kappa shape index (κ2) is 3.39. The van der Waals surface area contributed by atoms with Gasteiger partial charge in [0, 0.05) is 0 Å². The Balaban J connectivity index is 2.28. The standard InChI is InChI=1S/C13H18O/c1-10-5-3-8-12(9-10)13(2,14)11-6-4-7-11/h3,5,8-9,11,14H,4,6-7H2,1-2H3. The molecule has 0 heterocycles. The lowest BCUT2D eigenvalue weighted by Gasteiger charge is -2.39. The van der Waals surface area contributed by atoms with Crippen LogP contribution in [0, 0.1) is 12.8 Å². The van der Waals surface area contributed by atoms with E-state index in [4.69, 9.17) is 0 Å². The van der Waals surface area contributed by atoms with Crippen molar-refractivity contribution in [2.45, 2.75) is 38.7 Å². The molecule has 1 aromatic carbocycles. The van der Waals surface area contributed by atoms with Crippen LogP contribution in [0.5, 0.6) is 0 Å². The summed E-state index contributed by atoms with van der Waals surface area (Å²) in [6.07, 6.45) is 3.61. The van der Waals surface area contributed by atoms with Crippen molar-refractivity contribution >= 4 is 0 Å². The Kier molecular flexibility index (Phi) is 2.36. The van der Waals surface area contributed by atoms with Crippen molar-refractivity contribution in [2.24, 2.45) is 5.92 Å². The molecule has 1 atom stereocenters. The van der Waals surface area contributed by atoms with Crippen LogP contribution in [0.2, 0.25) is 0 Å². The van der Waals surface area contributed by atoms with E-state index in [2.05, 4.69) is 19.1 Å². The molecular weight excluding hydrogens is 172 g/mol. The lowest BCUT2D eigenvalue weighted by Crippen LogP contribution is -2.36. The fourth-order valence-corrected chi connectivity index (χ4v) is 2.17. The number of hydrogen-bond acceptors (Lipinski definition) is 1. The number of aryl methyl sites for hydroxylation is 1. The molecule has 1 nitrogen and oxygen atoms in total. The van der Waals surface area contributed by atoms with Gasteiger partial charge in [0.05, 0.1) is 5.60 Å². The predicted molar refractivity (Wildman–Crippen MR) is 58.1 cm³/mol. The van der Waals surface area contributed by atoms with E-state index in [1.54, 1.807) is 0 Å². The van der Waals surface area contributed by atoms with E-state index in [1.165, 1.54) is 24.8 Å². The van der Waals surface area contributed by atoms with Crippen molar-refractivity contribution in [1.82, 2.24) is 0 Å². The maximum absolute atomic E-state index is 10.4. The molecule has 1 N–H and O–H groups in total. The zero-order valence-corrected chi connectivity index (χ0v) is 8.96. The smallest absolute Gasteiger partial charge is 0.0896 e. The molecule has 1 aliphatic rings. The van der Waals surface area contributed by atoms with E-state index in [1.807, 2.05) is 19.1 Å². The highest BCUT2D eigenvalue weighted by Crippen LogP contribution is 2.42. The summed E-state index contributed by atoms with van der Waals surface area (Å²) in [5.41, 5.74) is 1.67. The van der Waals surface area contributed by atoms with Gasteiger partial charge in [0.25, 0.3) is 0 Å². The van der Waals surface area contributed by atoms with E-state index in [-0.39, 0.29) is 0 Å². The minimum absolute atomic E-state index is 0.462. The van der Waals surface area contributed by atoms with Crippen LogP contribution in [-0.4, -0.2) is 5.11 Å². The topological polar surface area (TPSA) is 20.2 Å². The summed E-state index contributed by atoms with van der Waals surface area (Å²) in [5, 5.41) is 10.4. The molecule has 76 valence electrons. The first-order chi connectivity index (χ1) is 6.60. The van der Waals surface area contributed by atoms with Crippen LogP contribution < -0.4 is 0 Å². The number of aliphatic hydroxyl groups is 1. The average Bonchev–Trinajstić information content (AvgIpc) is 2.00. The van der Waals surface area contributed by atoms with Gasteiger partial charge in [-0.15, -0.1) is 0 Å². The van der Waals surface area contributed by atoms with Crippen LogP contribution in [0.4, 0.5) is 0 Å². The van der Waals surface area contributed by atoms with E-state index in [9.17, 15) is 5.11 Å². The van der Waals surface area contributed by atoms with Crippen LogP contribution in [0.1, 0.15) is 37.3 Å². The van der Waals surface area contributed by atoms with Crippen LogP contribution in [0.15, 0.2) is 24.3 Å². The molecule has 0 aliphatic heterocycles. The van der Waals surface area contributed by atoms with Gasteiger partial charge in [0.2, 0.25) is 0 Å². The van der Waals surface area contributed by atoms with Gasteiger partial charge in [0.1, 0.15) is 0 Å². The Morgan fingerprint density at radius 2 is 2.07 bits per heavy atom. The summed E-state index contributed by atoms with van der Waals surface area (Å²) in [5.74, 6) is 0.462. The fraction of sp³-hybridized carbons (Fsp3) is 0.538. The predicted octanol–water partition coefficient (Wildman–Crippen LogP) is 3.00. The highest BCUT2D eigenvalue weighted by atomic mass is 16.3. The highest BCUT2D eigenvalue weighted by Gasteiger charge is 2.37. The SMILES string of the molecule is Cc1cccc(C(C)(O)C2CCC2)c1. The lowest BCUT2D eigenvalue weighted by molar-refractivity contribution is -0.0399. The van der Waals surface area contributed by atoms with Gasteiger partial charge in [0.15, 0.2) is 0 Å². The van der Waals surface area contributed by atoms with Crippen molar-refractivity contribution in [3.63, 3.8) is 0 Å². The number of benzene rings is 1. The molecule has 2 rings (SSSR count). The summed E-state index contributed by atoms with van der Waals surface area (Å²) in [4.78, 5) is 0. The maximum Gasteiger partial charge on any atom is 0.0896 e. The first-order valence-corrected chi connectivity index (χ1v) is 5.40. The van der Waals surface area contributed by atoms with Crippen LogP contribution in [0.3, 0.4) is 0 Å². The van der Waals surface area contributed by atoms with E-state index >= 15 is 0 Å². The second-order valence-corrected chi connectivity index (χ2v) is 4.64. The molecule has 0 radical (unpaired) electrons. The quantitative estimate of drug-likeness (QED) is 0.760. The van der Waals surface area contributed by atoms with E-state index in [0.717, 1.165) is 5.56 Å². The summed E-state index contributed by atoms with van der Waals surface area (Å²) in [7, 11) is 0. The van der Waals surface area contributed by atoms with Gasteiger partial charge in [-0.25, -0.2) is 0 Å². The third kappa shape index (κ3) is 1.57. The molecule has 0 saturated heterocycles. The summed E-state index contributed by atoms with van der Waals surface area (Å²) in [6, 6.07) is 8.22. The molecule has 1 aromatic rings. The van der Waals surface area contributed by atoms with Crippen molar-refractivity contribution in [3.8, 4) is 0 Å². The summed E-state index contributed by atoms with van der Waals surface area (Å²) in [6.45, 7) is 4.02. The third-order valence-electron chi connectivity index (χ3n) is 3.50. The van der Waals surface area contributed by atoms with Gasteiger partial charge < -0.3 is 5.11 Å². The van der Waals surface area contributed by atoms with E-state index < -0.39 is 5.60 Å². The highest BCUT2D eigenvalue weighted by molar-refractivity contribution is 5.28. The molecule has 1 unspecified atom stereocenters. The molecule has 0 aromatic heterocycles. The minimum atomic E-state index is -0.621. The van der Waals surface area contributed by atoms with Gasteiger partial charge >= 0.3 is 0 Å². The van der Waals surface area contributed by atoms with Crippen molar-refractivity contribution in [2.75, 3.05) is 0 Å². The van der Waals surface area contributed by atoms with Gasteiger partial charge in [-0.1, -0.05) is 36.2 Å². The largest absolute Gasteiger partial charge is 0.385 e. The molecule has 14 heavy (non-hydrogen) atoms. The zero-order valence-electron chi connectivity index (χ0n) is 8.96. The van der Waals surface area contributed by atoms with Crippen molar-refractivity contribution < 1.29 is 5.11 Å². The Morgan fingerprint density at radius 1 is 1.36 bits per heavy atom. The Morgan fingerprint density at radius 3 is 2.57 bits per heavy atom. The fourth-order valence-electron chi connectivity index (χ4n) is 2.17. The number of rotatable bonds is 2. The first kappa shape index (κ1) is 9.72. The lowest BCUT2D eigenvalue weighted by atomic mass is 9.70. The summed E-state index contributed by atoms with van der Waals surface area (Å²) < 4.78 is 0. The van der Waals surface area contributed by atoms with Gasteiger partial charge in [-0.3, -0.25) is 0 Å². The molecule has 1 aliphatic carbocycles. The molecule has 0 amide bonds. The maximum atomic E-state index is 10.4. The molecule has 1 fully saturated rings. The van der Waals surface area contributed by atoms with E-state index in [0.29, 0.717) is 5.92 Å². The normalized spacial score (nSPS) is 21.4. The van der Waals surface area contributed by atoms with Crippen molar-refractivity contribution in [3.05, 3.63) is 35.4 Å². The van der Waals surface area contributed by atoms with Gasteiger partial charge in [-0.05, 0) is 38.2 Å². The monoisotopic (exact) mass is 190 g/mol. The summed E-state index contributed by atoms with van der Waals surface area (Å²) >= 11 is 0. The Labute approximate surface area is 85.8 Å². The van der Waals surface area contributed by atoms with Crippen LogP contribution in [0.25, 0.3) is 0 Å². The Hall–Kier alpha value is -0.820. The number of hydrogen-bond donors (Lipinski definition) is 1. The van der Waals surface area contributed by atoms with Crippen molar-refractivity contribution in [1.29, 1.82) is 0 Å². The van der Waals surface area contributed by atoms with Gasteiger partial charge in [-0.2, -0.15) is 0 Å². The first-order valence-electron chi connectivity index (χ1n) is 5.40. The Bertz CT molecular complexity index is 324. The molecular formula is C13H18O. The van der Waals surface area contributed by atoms with Crippen LogP contribution >= 0.6 is 0 Å². The molecule has 1 heteroatoms. The molecule has 1 saturated carbocycles. The molecule has 0 bridgehead atoms. The minimum Gasteiger partial charge on any atom is -0.385 e. The zero-order chi connectivity index (χ0) is 10.2. The van der Waals surface area contributed by atoms with Crippen LogP contribution in [-0.2, 0) is 5.60 Å². The second-order valence-electron chi connectivity index (χ2n) is 4.64.